The van der Waals surface area contributed by atoms with Crippen LogP contribution in [0.15, 0.2) is 0 Å². The number of ether oxygens (including phenoxy) is 1. The predicted octanol–water partition coefficient (Wildman–Crippen LogP) is 2.60. The van der Waals surface area contributed by atoms with E-state index in [0.717, 1.165) is 57.8 Å². The van der Waals surface area contributed by atoms with Gasteiger partial charge >= 0.3 is 11.9 Å². The maximum Gasteiger partial charge on any atom is 0.322 e. The zero-order valence-corrected chi connectivity index (χ0v) is 15.9. The van der Waals surface area contributed by atoms with Crippen LogP contribution in [0, 0.1) is 0 Å². The Bertz CT molecular complexity index is 513. The number of rotatable bonds is 13. The smallest absolute Gasteiger partial charge is 0.322 e. The number of nitrogens with one attached hydrogen (secondary N) is 1. The lowest BCUT2D eigenvalue weighted by atomic mass is 10.1. The molecule has 1 aliphatic carbocycles. The molecular formula is C17H31NO6S. The maximum atomic E-state index is 12.0. The summed E-state index contributed by atoms with van der Waals surface area (Å²) in [5, 5.41) is 9.18. The van der Waals surface area contributed by atoms with Gasteiger partial charge in [-0.15, -0.1) is 0 Å². The van der Waals surface area contributed by atoms with Gasteiger partial charge in [-0.2, -0.15) is 0 Å². The molecule has 1 saturated carbocycles. The molecule has 0 aromatic heterocycles. The van der Waals surface area contributed by atoms with Crippen LogP contribution in [-0.2, 0) is 24.3 Å². The van der Waals surface area contributed by atoms with Crippen molar-refractivity contribution in [2.24, 2.45) is 0 Å². The molecule has 0 bridgehead atoms. The van der Waals surface area contributed by atoms with E-state index in [1.54, 1.807) is 0 Å². The predicted molar refractivity (Wildman–Crippen MR) is 94.7 cm³/mol. The third-order valence-electron chi connectivity index (χ3n) is 4.36. The zero-order chi connectivity index (χ0) is 18.7. The molecule has 2 N–H and O–H groups in total. The summed E-state index contributed by atoms with van der Waals surface area (Å²) < 4.78 is 31.4. The van der Waals surface area contributed by atoms with Gasteiger partial charge in [0.2, 0.25) is 10.0 Å². The fraction of sp³-hybridized carbons (Fsp3) is 0.882. The Hall–Kier alpha value is -1.15. The minimum atomic E-state index is -3.73. The summed E-state index contributed by atoms with van der Waals surface area (Å²) in [5.41, 5.74) is 0. The van der Waals surface area contributed by atoms with Gasteiger partial charge in [-0.05, 0) is 32.1 Å². The fourth-order valence-electron chi connectivity index (χ4n) is 2.93. The molecule has 0 heterocycles. The number of hydrogen-bond acceptors (Lipinski definition) is 5. The molecule has 146 valence electrons. The largest absolute Gasteiger partial charge is 0.480 e. The highest BCUT2D eigenvalue weighted by molar-refractivity contribution is 7.89. The molecule has 25 heavy (non-hydrogen) atoms. The molecule has 0 radical (unpaired) electrons. The Kier molecular flexibility index (Phi) is 10.0. The SMILES string of the molecule is CCCCCCCCS(=O)(=O)N[C@@H](CC(=O)OC1CCCC1)C(=O)O. The monoisotopic (exact) mass is 377 g/mol. The van der Waals surface area contributed by atoms with Gasteiger partial charge < -0.3 is 9.84 Å². The van der Waals surface area contributed by atoms with Crippen LogP contribution in [0.1, 0.15) is 77.6 Å². The quantitative estimate of drug-likeness (QED) is 0.377. The number of aliphatic carboxylic acids is 1. The molecule has 1 aliphatic rings. The second-order valence-corrected chi connectivity index (χ2v) is 8.57. The van der Waals surface area contributed by atoms with E-state index in [-0.39, 0.29) is 11.9 Å². The van der Waals surface area contributed by atoms with E-state index >= 15 is 0 Å². The third kappa shape index (κ3) is 9.79. The third-order valence-corrected chi connectivity index (χ3v) is 5.83. The van der Waals surface area contributed by atoms with Crippen LogP contribution in [0.25, 0.3) is 0 Å². The Morgan fingerprint density at radius 3 is 2.32 bits per heavy atom. The fourth-order valence-corrected chi connectivity index (χ4v) is 4.25. The molecule has 0 saturated heterocycles. The summed E-state index contributed by atoms with van der Waals surface area (Å²) in [6.07, 6.45) is 8.49. The molecule has 0 amide bonds. The van der Waals surface area contributed by atoms with E-state index in [4.69, 9.17) is 4.74 Å². The number of carbonyl (C=O) groups excluding carboxylic acids is 1. The molecule has 0 spiro atoms. The van der Waals surface area contributed by atoms with Gasteiger partial charge in [0, 0.05) is 0 Å². The second kappa shape index (κ2) is 11.5. The summed E-state index contributed by atoms with van der Waals surface area (Å²) in [6.45, 7) is 2.11. The lowest BCUT2D eigenvalue weighted by molar-refractivity contribution is -0.152. The molecule has 0 aromatic carbocycles. The van der Waals surface area contributed by atoms with Crippen molar-refractivity contribution in [1.29, 1.82) is 0 Å². The first kappa shape index (κ1) is 21.9. The van der Waals surface area contributed by atoms with E-state index < -0.39 is 34.4 Å². The van der Waals surface area contributed by atoms with Gasteiger partial charge in [0.25, 0.3) is 0 Å². The summed E-state index contributed by atoms with van der Waals surface area (Å²) in [5.74, 6) is -2.16. The topological polar surface area (TPSA) is 110 Å². The van der Waals surface area contributed by atoms with Gasteiger partial charge in [0.05, 0.1) is 12.2 Å². The van der Waals surface area contributed by atoms with Crippen molar-refractivity contribution in [3.63, 3.8) is 0 Å². The van der Waals surface area contributed by atoms with Crippen molar-refractivity contribution in [2.45, 2.75) is 89.7 Å². The molecular weight excluding hydrogens is 346 g/mol. The van der Waals surface area contributed by atoms with Crippen LogP contribution in [0.5, 0.6) is 0 Å². The van der Waals surface area contributed by atoms with Crippen LogP contribution >= 0.6 is 0 Å². The lowest BCUT2D eigenvalue weighted by Gasteiger charge is -2.16. The Morgan fingerprint density at radius 2 is 1.72 bits per heavy atom. The summed E-state index contributed by atoms with van der Waals surface area (Å²) in [7, 11) is -3.73. The number of unbranched alkanes of at least 4 members (excludes halogenated alkanes) is 5. The van der Waals surface area contributed by atoms with Crippen LogP contribution in [0.2, 0.25) is 0 Å². The van der Waals surface area contributed by atoms with E-state index in [2.05, 4.69) is 11.6 Å². The van der Waals surface area contributed by atoms with E-state index in [1.807, 2.05) is 0 Å². The first-order chi connectivity index (χ1) is 11.8. The van der Waals surface area contributed by atoms with E-state index in [1.165, 1.54) is 0 Å². The summed E-state index contributed by atoms with van der Waals surface area (Å²) in [6, 6.07) is -1.47. The van der Waals surface area contributed by atoms with Crippen molar-refractivity contribution < 1.29 is 27.9 Å². The van der Waals surface area contributed by atoms with Crippen molar-refractivity contribution in [2.75, 3.05) is 5.75 Å². The highest BCUT2D eigenvalue weighted by atomic mass is 32.2. The Balaban J connectivity index is 2.38. The Morgan fingerprint density at radius 1 is 1.12 bits per heavy atom. The number of esters is 1. The average Bonchev–Trinajstić information content (AvgIpc) is 3.02. The van der Waals surface area contributed by atoms with Crippen molar-refractivity contribution in [1.82, 2.24) is 4.72 Å². The van der Waals surface area contributed by atoms with Crippen molar-refractivity contribution >= 4 is 22.0 Å². The molecule has 7 nitrogen and oxygen atoms in total. The molecule has 0 aliphatic heterocycles. The molecule has 1 fully saturated rings. The normalized spacial score (nSPS) is 16.7. The number of carboxylic acid groups (broad SMARTS) is 1. The van der Waals surface area contributed by atoms with Crippen LogP contribution in [0.4, 0.5) is 0 Å². The first-order valence-electron chi connectivity index (χ1n) is 9.26. The minimum Gasteiger partial charge on any atom is -0.480 e. The summed E-state index contributed by atoms with van der Waals surface area (Å²) >= 11 is 0. The minimum absolute atomic E-state index is 0.124. The van der Waals surface area contributed by atoms with E-state index in [9.17, 15) is 23.1 Å². The van der Waals surface area contributed by atoms with Gasteiger partial charge in [-0.3, -0.25) is 9.59 Å². The summed E-state index contributed by atoms with van der Waals surface area (Å²) in [4.78, 5) is 23.1. The first-order valence-corrected chi connectivity index (χ1v) is 10.9. The number of hydrogen-bond donors (Lipinski definition) is 2. The van der Waals surface area contributed by atoms with E-state index in [0.29, 0.717) is 6.42 Å². The molecule has 1 atom stereocenters. The highest BCUT2D eigenvalue weighted by Gasteiger charge is 2.28. The van der Waals surface area contributed by atoms with Crippen LogP contribution < -0.4 is 4.72 Å². The standard InChI is InChI=1S/C17H31NO6S/c1-2-3-4-5-6-9-12-25(22,23)18-15(17(20)21)13-16(19)24-14-10-7-8-11-14/h14-15,18H,2-13H2,1H3,(H,20,21)/t15-/m0/s1. The second-order valence-electron chi connectivity index (χ2n) is 6.70. The lowest BCUT2D eigenvalue weighted by Crippen LogP contribution is -2.43. The zero-order valence-electron chi connectivity index (χ0n) is 15.0. The molecule has 0 aromatic rings. The van der Waals surface area contributed by atoms with Crippen LogP contribution in [0.3, 0.4) is 0 Å². The van der Waals surface area contributed by atoms with Gasteiger partial charge in [0.1, 0.15) is 12.1 Å². The number of sulfonamides is 1. The van der Waals surface area contributed by atoms with Gasteiger partial charge in [-0.25, -0.2) is 13.1 Å². The van der Waals surface area contributed by atoms with Crippen molar-refractivity contribution in [3.8, 4) is 0 Å². The number of carbonyl (C=O) groups is 2. The molecule has 8 heteroatoms. The number of carboxylic acids is 1. The van der Waals surface area contributed by atoms with Gasteiger partial charge in [0.15, 0.2) is 0 Å². The maximum absolute atomic E-state index is 12.0. The Labute approximate surface area is 150 Å². The molecule has 0 unspecified atom stereocenters. The average molecular weight is 378 g/mol. The molecule has 1 rings (SSSR count). The van der Waals surface area contributed by atoms with Crippen LogP contribution in [-0.4, -0.2) is 43.4 Å². The van der Waals surface area contributed by atoms with Gasteiger partial charge in [-0.1, -0.05) is 39.0 Å². The highest BCUT2D eigenvalue weighted by Crippen LogP contribution is 2.21. The van der Waals surface area contributed by atoms with Crippen molar-refractivity contribution in [3.05, 3.63) is 0 Å².